The minimum Gasteiger partial charge on any atom is -0.497 e. The summed E-state index contributed by atoms with van der Waals surface area (Å²) in [5.41, 5.74) is 4.08. The molecule has 3 heterocycles. The number of aliphatic carboxylic acids is 1. The first kappa shape index (κ1) is 24.2. The molecule has 4 rings (SSSR count). The number of fused-ring (bicyclic) bond motifs is 1. The summed E-state index contributed by atoms with van der Waals surface area (Å²) in [6.07, 6.45) is 8.90. The molecule has 0 bridgehead atoms. The number of methoxy groups -OCH3 is 1. The van der Waals surface area contributed by atoms with Gasteiger partial charge in [-0.05, 0) is 80.3 Å². The highest BCUT2D eigenvalue weighted by molar-refractivity contribution is 7.10. The standard InChI is InChI=1S/C27H31N3O3S/c1-33-23-8-9-26-25(16-23)21(11-13-29-26)5-2-4-20-12-15-30(18-22(20)7-10-27(31)32)14-3-6-24-17-28-19-34-24/h8-9,11,13,16-17,19-20,22H,2,4-5,7,10,12,14-15,18H2,1H3,(H,31,32)/t20-,22+/m1/s1. The van der Waals surface area contributed by atoms with Crippen LogP contribution in [0.1, 0.15) is 42.5 Å². The molecule has 3 aromatic rings. The molecule has 34 heavy (non-hydrogen) atoms. The molecule has 2 atom stereocenters. The predicted molar refractivity (Wildman–Crippen MR) is 135 cm³/mol. The third-order valence-corrected chi connectivity index (χ3v) is 7.40. The number of rotatable bonds is 9. The zero-order chi connectivity index (χ0) is 23.8. The minimum absolute atomic E-state index is 0.232. The molecule has 0 aliphatic carbocycles. The van der Waals surface area contributed by atoms with Crippen LogP contribution in [-0.4, -0.2) is 52.7 Å². The number of piperidine rings is 1. The molecule has 0 saturated carbocycles. The lowest BCUT2D eigenvalue weighted by molar-refractivity contribution is -0.137. The van der Waals surface area contributed by atoms with Crippen molar-refractivity contribution in [2.45, 2.75) is 38.5 Å². The summed E-state index contributed by atoms with van der Waals surface area (Å²) in [7, 11) is 1.69. The van der Waals surface area contributed by atoms with E-state index < -0.39 is 5.97 Å². The molecular formula is C27H31N3O3S. The van der Waals surface area contributed by atoms with Crippen molar-refractivity contribution in [3.8, 4) is 17.6 Å². The van der Waals surface area contributed by atoms with Gasteiger partial charge in [-0.25, -0.2) is 0 Å². The maximum absolute atomic E-state index is 11.3. The van der Waals surface area contributed by atoms with E-state index in [1.54, 1.807) is 30.2 Å². The number of carboxylic acids is 1. The highest BCUT2D eigenvalue weighted by atomic mass is 32.1. The molecule has 1 saturated heterocycles. The molecule has 1 N–H and O–H groups in total. The maximum atomic E-state index is 11.3. The van der Waals surface area contributed by atoms with Crippen LogP contribution >= 0.6 is 11.3 Å². The summed E-state index contributed by atoms with van der Waals surface area (Å²) in [5, 5.41) is 10.4. The van der Waals surface area contributed by atoms with E-state index in [0.29, 0.717) is 11.8 Å². The van der Waals surface area contributed by atoms with Gasteiger partial charge in [-0.15, -0.1) is 11.3 Å². The Morgan fingerprint density at radius 3 is 3.00 bits per heavy atom. The third-order valence-electron chi connectivity index (χ3n) is 6.71. The second kappa shape index (κ2) is 12.0. The van der Waals surface area contributed by atoms with Crippen LogP contribution in [0.4, 0.5) is 0 Å². The van der Waals surface area contributed by atoms with Crippen LogP contribution in [-0.2, 0) is 11.2 Å². The molecule has 1 aliphatic rings. The van der Waals surface area contributed by atoms with Gasteiger partial charge in [0.2, 0.25) is 0 Å². The first-order chi connectivity index (χ1) is 16.6. The summed E-state index contributed by atoms with van der Waals surface area (Å²) in [6, 6.07) is 8.13. The monoisotopic (exact) mass is 477 g/mol. The van der Waals surface area contributed by atoms with Crippen LogP contribution in [0.3, 0.4) is 0 Å². The number of ether oxygens (including phenoxy) is 1. The molecule has 0 spiro atoms. The summed E-state index contributed by atoms with van der Waals surface area (Å²) in [6.45, 7) is 2.66. The number of aryl methyl sites for hydroxylation is 1. The highest BCUT2D eigenvalue weighted by Crippen LogP contribution is 2.32. The molecule has 0 amide bonds. The van der Waals surface area contributed by atoms with Gasteiger partial charge in [0.25, 0.3) is 0 Å². The second-order valence-corrected chi connectivity index (χ2v) is 9.78. The number of thiazole rings is 1. The van der Waals surface area contributed by atoms with E-state index in [1.807, 2.05) is 18.3 Å². The quantitative estimate of drug-likeness (QED) is 0.443. The Kier molecular flexibility index (Phi) is 8.51. The number of nitrogens with zero attached hydrogens (tertiary/aromatic N) is 3. The number of carbonyl (C=O) groups is 1. The Balaban J connectivity index is 1.35. The van der Waals surface area contributed by atoms with Crippen LogP contribution in [0.2, 0.25) is 0 Å². The third kappa shape index (κ3) is 6.55. The Hall–Kier alpha value is -2.95. The molecule has 2 aromatic heterocycles. The van der Waals surface area contributed by atoms with Crippen molar-refractivity contribution < 1.29 is 14.6 Å². The van der Waals surface area contributed by atoms with E-state index in [9.17, 15) is 9.90 Å². The molecule has 1 aliphatic heterocycles. The summed E-state index contributed by atoms with van der Waals surface area (Å²) >= 11 is 1.55. The topological polar surface area (TPSA) is 75.5 Å². The molecular weight excluding hydrogens is 446 g/mol. The average molecular weight is 478 g/mol. The van der Waals surface area contributed by atoms with Gasteiger partial charge in [-0.3, -0.25) is 19.7 Å². The van der Waals surface area contributed by atoms with Crippen molar-refractivity contribution in [2.75, 3.05) is 26.7 Å². The normalized spacial score (nSPS) is 18.4. The van der Waals surface area contributed by atoms with Gasteiger partial charge < -0.3 is 9.84 Å². The summed E-state index contributed by atoms with van der Waals surface area (Å²) in [4.78, 5) is 23.2. The molecule has 0 unspecified atom stereocenters. The van der Waals surface area contributed by atoms with E-state index in [0.717, 1.165) is 73.3 Å². The van der Waals surface area contributed by atoms with Gasteiger partial charge >= 0.3 is 5.97 Å². The van der Waals surface area contributed by atoms with Crippen molar-refractivity contribution in [3.63, 3.8) is 0 Å². The fourth-order valence-electron chi connectivity index (χ4n) is 4.91. The van der Waals surface area contributed by atoms with Crippen LogP contribution in [0.15, 0.2) is 42.2 Å². The van der Waals surface area contributed by atoms with Crippen molar-refractivity contribution >= 4 is 28.2 Å². The smallest absolute Gasteiger partial charge is 0.303 e. The van der Waals surface area contributed by atoms with E-state index in [-0.39, 0.29) is 6.42 Å². The molecule has 0 radical (unpaired) electrons. The Morgan fingerprint density at radius 2 is 2.21 bits per heavy atom. The van der Waals surface area contributed by atoms with Crippen LogP contribution in [0.5, 0.6) is 5.75 Å². The lowest BCUT2D eigenvalue weighted by Gasteiger charge is -2.38. The molecule has 7 heteroatoms. The lowest BCUT2D eigenvalue weighted by atomic mass is 9.79. The van der Waals surface area contributed by atoms with Crippen molar-refractivity contribution in [2.24, 2.45) is 11.8 Å². The first-order valence-corrected chi connectivity index (χ1v) is 12.7. The van der Waals surface area contributed by atoms with E-state index in [1.165, 1.54) is 5.56 Å². The number of hydrogen-bond acceptors (Lipinski definition) is 6. The van der Waals surface area contributed by atoms with Crippen LogP contribution in [0.25, 0.3) is 10.9 Å². The van der Waals surface area contributed by atoms with Gasteiger partial charge in [0.1, 0.15) is 5.75 Å². The summed E-state index contributed by atoms with van der Waals surface area (Å²) in [5.74, 6) is 7.52. The van der Waals surface area contributed by atoms with E-state index in [2.05, 4.69) is 38.8 Å². The van der Waals surface area contributed by atoms with E-state index >= 15 is 0 Å². The second-order valence-electron chi connectivity index (χ2n) is 8.89. The zero-order valence-corrected chi connectivity index (χ0v) is 20.4. The molecule has 6 nitrogen and oxygen atoms in total. The fourth-order valence-corrected chi connectivity index (χ4v) is 5.40. The Morgan fingerprint density at radius 1 is 1.29 bits per heavy atom. The van der Waals surface area contributed by atoms with Crippen LogP contribution in [0, 0.1) is 23.7 Å². The van der Waals surface area contributed by atoms with Gasteiger partial charge in [0.05, 0.1) is 35.8 Å². The Bertz CT molecular complexity index is 1150. The van der Waals surface area contributed by atoms with Crippen LogP contribution < -0.4 is 4.74 Å². The number of benzene rings is 1. The van der Waals surface area contributed by atoms with Crippen molar-refractivity contribution in [3.05, 3.63) is 52.6 Å². The van der Waals surface area contributed by atoms with Gasteiger partial charge in [0.15, 0.2) is 0 Å². The van der Waals surface area contributed by atoms with Gasteiger partial charge in [-0.2, -0.15) is 0 Å². The molecule has 178 valence electrons. The van der Waals surface area contributed by atoms with Crippen molar-refractivity contribution in [1.29, 1.82) is 0 Å². The van der Waals surface area contributed by atoms with E-state index in [4.69, 9.17) is 4.74 Å². The van der Waals surface area contributed by atoms with Gasteiger partial charge in [-0.1, -0.05) is 11.8 Å². The highest BCUT2D eigenvalue weighted by Gasteiger charge is 2.28. The number of likely N-dealkylation sites (tertiary alicyclic amines) is 1. The number of hydrogen-bond donors (Lipinski definition) is 1. The maximum Gasteiger partial charge on any atom is 0.303 e. The fraction of sp³-hybridized carbons (Fsp3) is 0.444. The predicted octanol–water partition coefficient (Wildman–Crippen LogP) is 4.88. The SMILES string of the molecule is COc1ccc2nccc(CCC[C@@H]3CCN(CC#Cc4cncs4)C[C@@H]3CCC(=O)O)c2c1. The lowest BCUT2D eigenvalue weighted by Crippen LogP contribution is -2.41. The number of carboxylic acid groups (broad SMARTS) is 1. The van der Waals surface area contributed by atoms with Crippen molar-refractivity contribution in [1.82, 2.24) is 14.9 Å². The zero-order valence-electron chi connectivity index (χ0n) is 19.6. The molecule has 1 fully saturated rings. The van der Waals surface area contributed by atoms with Gasteiger partial charge in [0, 0.05) is 24.5 Å². The average Bonchev–Trinajstić information content (AvgIpc) is 3.37. The minimum atomic E-state index is -0.710. The first-order valence-electron chi connectivity index (χ1n) is 11.9. The number of pyridine rings is 1. The Labute approximate surface area is 205 Å². The summed E-state index contributed by atoms with van der Waals surface area (Å²) < 4.78 is 5.40. The largest absolute Gasteiger partial charge is 0.497 e. The number of aromatic nitrogens is 2. The molecule has 1 aromatic carbocycles.